The number of anilines is 1. The number of fused-ring (bicyclic) bond motifs is 1. The average molecular weight is 413 g/mol. The van der Waals surface area contributed by atoms with E-state index < -0.39 is 0 Å². The number of nitrogens with zero attached hydrogens (tertiary/aromatic N) is 1. The predicted molar refractivity (Wildman–Crippen MR) is 130 cm³/mol. The van der Waals surface area contributed by atoms with E-state index in [2.05, 4.69) is 24.0 Å². The van der Waals surface area contributed by atoms with Crippen LogP contribution in [0.25, 0.3) is 0 Å². The summed E-state index contributed by atoms with van der Waals surface area (Å²) in [5.74, 6) is 1.01. The summed E-state index contributed by atoms with van der Waals surface area (Å²) in [6.07, 6.45) is 14.7. The molecule has 1 aliphatic rings. The number of rotatable bonds is 9. The topological polar surface area (TPSA) is 24.9 Å². The van der Waals surface area contributed by atoms with Gasteiger partial charge in [0.1, 0.15) is 11.6 Å². The molecule has 0 saturated carbocycles. The number of halogens is 1. The molecule has 0 amide bonds. The van der Waals surface area contributed by atoms with E-state index in [0.717, 1.165) is 18.8 Å². The normalized spacial score (nSPS) is 11.7. The zero-order chi connectivity index (χ0) is 22.0. The lowest BCUT2D eigenvalue weighted by Crippen LogP contribution is -2.13. The molecule has 1 N–H and O–H groups in total. The van der Waals surface area contributed by atoms with Gasteiger partial charge in [-0.15, -0.1) is 6.58 Å². The minimum atomic E-state index is -0.132. The second-order valence-corrected chi connectivity index (χ2v) is 7.54. The maximum atomic E-state index is 12.3. The molecular weight excluding hydrogens is 371 g/mol. The highest BCUT2D eigenvalue weighted by Gasteiger charge is 2.09. The molecule has 0 fully saturated rings. The van der Waals surface area contributed by atoms with Crippen molar-refractivity contribution in [2.45, 2.75) is 85.0 Å². The quantitative estimate of drug-likeness (QED) is 0.333. The standard InChI is InChI=1S/C18H28N2.C7H7F.C2H6/c1-2-3-4-5-6-7-8-9-12-17-14-13-16-11-10-15-19-18(16)20-17;1-6-4-2-3-5-7(6)8;1-2/h2,13-14H,1,3-12,15H2,(H,19,20);2-5H,1H3;1-2H3. The van der Waals surface area contributed by atoms with E-state index in [1.54, 1.807) is 19.1 Å². The van der Waals surface area contributed by atoms with Gasteiger partial charge < -0.3 is 5.32 Å². The SMILES string of the molecule is C=CCCCCCCCCc1ccc2c(n1)NCCC2.CC.Cc1ccccc1F. The van der Waals surface area contributed by atoms with Gasteiger partial charge in [-0.25, -0.2) is 9.37 Å². The van der Waals surface area contributed by atoms with Crippen molar-refractivity contribution in [2.24, 2.45) is 0 Å². The van der Waals surface area contributed by atoms with E-state index in [0.29, 0.717) is 5.56 Å². The van der Waals surface area contributed by atoms with Crippen molar-refractivity contribution in [2.75, 3.05) is 11.9 Å². The number of pyridine rings is 1. The van der Waals surface area contributed by atoms with Gasteiger partial charge in [0.05, 0.1) is 0 Å². The van der Waals surface area contributed by atoms with Crippen LogP contribution in [0, 0.1) is 12.7 Å². The minimum Gasteiger partial charge on any atom is -0.370 e. The maximum Gasteiger partial charge on any atom is 0.129 e. The zero-order valence-corrected chi connectivity index (χ0v) is 19.4. The summed E-state index contributed by atoms with van der Waals surface area (Å²) in [5, 5.41) is 3.41. The van der Waals surface area contributed by atoms with E-state index >= 15 is 0 Å². The molecule has 0 bridgehead atoms. The van der Waals surface area contributed by atoms with Crippen molar-refractivity contribution in [3.63, 3.8) is 0 Å². The summed E-state index contributed by atoms with van der Waals surface area (Å²) in [4.78, 5) is 4.75. The number of hydrogen-bond acceptors (Lipinski definition) is 2. The number of nitrogens with one attached hydrogen (secondary N) is 1. The van der Waals surface area contributed by atoms with Crippen LogP contribution >= 0.6 is 0 Å². The van der Waals surface area contributed by atoms with Crippen LogP contribution in [0.2, 0.25) is 0 Å². The Hall–Kier alpha value is -2.16. The molecule has 0 spiro atoms. The first-order valence-electron chi connectivity index (χ1n) is 11.8. The van der Waals surface area contributed by atoms with Gasteiger partial charge in [-0.1, -0.05) is 69.9 Å². The van der Waals surface area contributed by atoms with Gasteiger partial charge in [0.25, 0.3) is 0 Å². The second-order valence-electron chi connectivity index (χ2n) is 7.54. The first-order valence-corrected chi connectivity index (χ1v) is 11.8. The Labute approximate surface area is 184 Å². The average Bonchev–Trinajstić information content (AvgIpc) is 2.79. The van der Waals surface area contributed by atoms with Crippen LogP contribution in [0.15, 0.2) is 49.1 Å². The molecule has 0 unspecified atom stereocenters. The molecule has 1 aliphatic heterocycles. The van der Waals surface area contributed by atoms with Crippen LogP contribution in [0.1, 0.15) is 82.0 Å². The summed E-state index contributed by atoms with van der Waals surface area (Å²) in [5.41, 5.74) is 3.35. The van der Waals surface area contributed by atoms with Crippen molar-refractivity contribution in [1.82, 2.24) is 4.98 Å². The van der Waals surface area contributed by atoms with Gasteiger partial charge in [0.2, 0.25) is 0 Å². The highest BCUT2D eigenvalue weighted by Crippen LogP contribution is 2.20. The van der Waals surface area contributed by atoms with Crippen molar-refractivity contribution < 1.29 is 4.39 Å². The highest BCUT2D eigenvalue weighted by atomic mass is 19.1. The Morgan fingerprint density at radius 1 is 1.00 bits per heavy atom. The Kier molecular flexibility index (Phi) is 14.3. The molecule has 0 saturated heterocycles. The van der Waals surface area contributed by atoms with Crippen LogP contribution in [0.5, 0.6) is 0 Å². The molecule has 30 heavy (non-hydrogen) atoms. The minimum absolute atomic E-state index is 0.132. The van der Waals surface area contributed by atoms with Gasteiger partial charge in [-0.2, -0.15) is 0 Å². The van der Waals surface area contributed by atoms with Gasteiger partial charge in [0.15, 0.2) is 0 Å². The molecule has 2 aromatic rings. The van der Waals surface area contributed by atoms with Gasteiger partial charge in [0, 0.05) is 12.2 Å². The molecule has 1 aromatic carbocycles. The van der Waals surface area contributed by atoms with Crippen molar-refractivity contribution in [3.05, 3.63) is 71.7 Å². The number of allylic oxidation sites excluding steroid dienone is 1. The number of aromatic nitrogens is 1. The third-order valence-corrected chi connectivity index (χ3v) is 5.12. The van der Waals surface area contributed by atoms with Gasteiger partial charge in [-0.05, 0) is 68.7 Å². The van der Waals surface area contributed by atoms with E-state index in [1.807, 2.05) is 26.0 Å². The second kappa shape index (κ2) is 16.6. The molecule has 3 rings (SSSR count). The summed E-state index contributed by atoms with van der Waals surface area (Å²) in [6, 6.07) is 11.2. The summed E-state index contributed by atoms with van der Waals surface area (Å²) in [6.45, 7) is 10.6. The molecule has 1 aromatic heterocycles. The van der Waals surface area contributed by atoms with Gasteiger partial charge >= 0.3 is 0 Å². The Morgan fingerprint density at radius 3 is 2.37 bits per heavy atom. The molecule has 0 aliphatic carbocycles. The molecule has 3 heteroatoms. The molecule has 0 atom stereocenters. The van der Waals surface area contributed by atoms with Crippen molar-refractivity contribution >= 4 is 5.82 Å². The third kappa shape index (κ3) is 10.6. The van der Waals surface area contributed by atoms with Crippen LogP contribution in [0.4, 0.5) is 10.2 Å². The monoisotopic (exact) mass is 412 g/mol. The molecular formula is C27H41FN2. The number of unbranched alkanes of at least 4 members (excludes halogenated alkanes) is 6. The van der Waals surface area contributed by atoms with E-state index in [-0.39, 0.29) is 5.82 Å². The van der Waals surface area contributed by atoms with Crippen LogP contribution < -0.4 is 5.32 Å². The van der Waals surface area contributed by atoms with E-state index in [4.69, 9.17) is 4.98 Å². The molecule has 2 heterocycles. The largest absolute Gasteiger partial charge is 0.370 e. The fourth-order valence-corrected chi connectivity index (χ4v) is 3.36. The van der Waals surface area contributed by atoms with E-state index in [9.17, 15) is 4.39 Å². The Balaban J connectivity index is 0.000000375. The molecule has 2 nitrogen and oxygen atoms in total. The van der Waals surface area contributed by atoms with Crippen LogP contribution in [-0.4, -0.2) is 11.5 Å². The highest BCUT2D eigenvalue weighted by molar-refractivity contribution is 5.46. The number of hydrogen-bond donors (Lipinski definition) is 1. The lowest BCUT2D eigenvalue weighted by atomic mass is 10.0. The first-order chi connectivity index (χ1) is 14.7. The van der Waals surface area contributed by atoms with Crippen molar-refractivity contribution in [1.29, 1.82) is 0 Å². The van der Waals surface area contributed by atoms with E-state index in [1.165, 1.54) is 75.1 Å². The Bertz CT molecular complexity index is 691. The molecule has 166 valence electrons. The number of benzene rings is 1. The third-order valence-electron chi connectivity index (χ3n) is 5.12. The summed E-state index contributed by atoms with van der Waals surface area (Å²) < 4.78 is 12.3. The predicted octanol–water partition coefficient (Wildman–Crippen LogP) is 8.06. The first kappa shape index (κ1) is 25.9. The van der Waals surface area contributed by atoms with Crippen LogP contribution in [-0.2, 0) is 12.8 Å². The summed E-state index contributed by atoms with van der Waals surface area (Å²) in [7, 11) is 0. The number of aryl methyl sites for hydroxylation is 3. The lowest BCUT2D eigenvalue weighted by Gasteiger charge is -2.17. The van der Waals surface area contributed by atoms with Crippen LogP contribution in [0.3, 0.4) is 0 Å². The summed E-state index contributed by atoms with van der Waals surface area (Å²) >= 11 is 0. The fourth-order valence-electron chi connectivity index (χ4n) is 3.36. The smallest absolute Gasteiger partial charge is 0.129 e. The zero-order valence-electron chi connectivity index (χ0n) is 19.4. The fraction of sp³-hybridized carbons (Fsp3) is 0.519. The Morgan fingerprint density at radius 2 is 1.70 bits per heavy atom. The van der Waals surface area contributed by atoms with Crippen molar-refractivity contribution in [3.8, 4) is 0 Å². The lowest BCUT2D eigenvalue weighted by molar-refractivity contribution is 0.594. The maximum absolute atomic E-state index is 12.3. The molecule has 0 radical (unpaired) electrons. The van der Waals surface area contributed by atoms with Gasteiger partial charge in [-0.3, -0.25) is 0 Å².